The lowest BCUT2D eigenvalue weighted by Crippen LogP contribution is -2.46. The Hall–Kier alpha value is -2.22. The van der Waals surface area contributed by atoms with Crippen LogP contribution < -0.4 is 0 Å². The van der Waals surface area contributed by atoms with Gasteiger partial charge in [0.25, 0.3) is 5.91 Å². The molecule has 140 valence electrons. The molecule has 1 aliphatic heterocycles. The number of hydrogen-bond donors (Lipinski definition) is 0. The van der Waals surface area contributed by atoms with E-state index in [0.29, 0.717) is 32.2 Å². The van der Waals surface area contributed by atoms with E-state index in [-0.39, 0.29) is 23.6 Å². The van der Waals surface area contributed by atoms with E-state index >= 15 is 0 Å². The van der Waals surface area contributed by atoms with Gasteiger partial charge in [0, 0.05) is 13.0 Å². The number of sulfone groups is 1. The zero-order chi connectivity index (χ0) is 18.8. The van der Waals surface area contributed by atoms with Crippen LogP contribution in [0.5, 0.6) is 0 Å². The zero-order valence-electron chi connectivity index (χ0n) is 14.3. The van der Waals surface area contributed by atoms with E-state index in [4.69, 9.17) is 4.74 Å². The van der Waals surface area contributed by atoms with Crippen molar-refractivity contribution in [3.63, 3.8) is 0 Å². The topological polar surface area (TPSA) is 97.8 Å². The van der Waals surface area contributed by atoms with Crippen LogP contribution in [0.3, 0.4) is 0 Å². The zero-order valence-corrected chi connectivity index (χ0v) is 15.2. The normalized spacial score (nSPS) is 19.5. The number of ether oxygens (including phenoxy) is 1. The molecule has 1 aromatic carbocycles. The van der Waals surface area contributed by atoms with E-state index in [1.54, 1.807) is 18.2 Å². The summed E-state index contributed by atoms with van der Waals surface area (Å²) >= 11 is 0. The van der Waals surface area contributed by atoms with Crippen molar-refractivity contribution in [2.75, 3.05) is 13.2 Å². The number of esters is 1. The van der Waals surface area contributed by atoms with E-state index in [1.165, 1.54) is 12.1 Å². The maximum Gasteiger partial charge on any atom is 0.328 e. The van der Waals surface area contributed by atoms with Crippen molar-refractivity contribution in [2.24, 2.45) is 0 Å². The second kappa shape index (κ2) is 7.19. The Kier molecular flexibility index (Phi) is 5.13. The highest BCUT2D eigenvalue weighted by molar-refractivity contribution is 7.93. The molecule has 1 saturated heterocycles. The number of hydrogen-bond acceptors (Lipinski definition) is 6. The molecule has 1 saturated carbocycles. The van der Waals surface area contributed by atoms with E-state index in [9.17, 15) is 22.8 Å². The lowest BCUT2D eigenvalue weighted by molar-refractivity contribution is -0.156. The van der Waals surface area contributed by atoms with Gasteiger partial charge < -0.3 is 4.74 Å². The molecule has 1 heterocycles. The first-order chi connectivity index (χ1) is 12.4. The van der Waals surface area contributed by atoms with Crippen LogP contribution in [0, 0.1) is 0 Å². The number of likely N-dealkylation sites (tertiary alicyclic amines) is 1. The molecule has 2 aliphatic rings. The molecule has 3 rings (SSSR count). The lowest BCUT2D eigenvalue weighted by Gasteiger charge is -2.26. The molecule has 0 atom stereocenters. The van der Waals surface area contributed by atoms with Gasteiger partial charge in [0.15, 0.2) is 21.2 Å². The molecule has 8 heteroatoms. The van der Waals surface area contributed by atoms with Crippen molar-refractivity contribution in [2.45, 2.75) is 48.2 Å². The van der Waals surface area contributed by atoms with Gasteiger partial charge in [-0.25, -0.2) is 8.42 Å². The van der Waals surface area contributed by atoms with Gasteiger partial charge in [-0.15, -0.1) is 0 Å². The van der Waals surface area contributed by atoms with Crippen LogP contribution in [-0.2, 0) is 29.0 Å². The third-order valence-electron chi connectivity index (χ3n) is 5.05. The minimum atomic E-state index is -3.94. The summed E-state index contributed by atoms with van der Waals surface area (Å²) in [7, 11) is -3.94. The fourth-order valence-corrected chi connectivity index (χ4v) is 5.67. The van der Waals surface area contributed by atoms with E-state index in [0.717, 1.165) is 4.90 Å². The van der Waals surface area contributed by atoms with Gasteiger partial charge in [-0.2, -0.15) is 0 Å². The Balaban J connectivity index is 1.78. The van der Waals surface area contributed by atoms with Crippen molar-refractivity contribution in [1.29, 1.82) is 0 Å². The number of carbonyl (C=O) groups excluding carboxylic acids is 3. The molecule has 0 N–H and O–H groups in total. The molecule has 2 amide bonds. The van der Waals surface area contributed by atoms with Crippen LogP contribution in [-0.4, -0.2) is 49.0 Å². The fraction of sp³-hybridized carbons (Fsp3) is 0.500. The molecular formula is C18H21NO6S. The van der Waals surface area contributed by atoms with Gasteiger partial charge in [0.05, 0.1) is 4.90 Å². The Morgan fingerprint density at radius 3 is 2.31 bits per heavy atom. The number of nitrogens with zero attached hydrogens (tertiary/aromatic N) is 1. The number of imide groups is 1. The van der Waals surface area contributed by atoms with E-state index in [1.807, 2.05) is 0 Å². The highest BCUT2D eigenvalue weighted by Gasteiger charge is 2.54. The van der Waals surface area contributed by atoms with Gasteiger partial charge >= 0.3 is 5.97 Å². The number of benzene rings is 1. The molecule has 0 bridgehead atoms. The van der Waals surface area contributed by atoms with Gasteiger partial charge in [-0.1, -0.05) is 31.0 Å². The average molecular weight is 379 g/mol. The summed E-state index contributed by atoms with van der Waals surface area (Å²) in [5.41, 5.74) is 0. The molecule has 0 unspecified atom stereocenters. The van der Waals surface area contributed by atoms with Crippen LogP contribution in [0.1, 0.15) is 38.5 Å². The Labute approximate surface area is 152 Å². The van der Waals surface area contributed by atoms with Gasteiger partial charge in [0.2, 0.25) is 5.91 Å². The van der Waals surface area contributed by atoms with Crippen molar-refractivity contribution in [3.05, 3.63) is 30.3 Å². The number of amides is 2. The smallest absolute Gasteiger partial charge is 0.328 e. The third kappa shape index (κ3) is 3.13. The SMILES string of the molecule is O=C1CCCN1C(=O)COC(=O)C1(S(=O)(=O)c2ccccc2)CCCC1. The van der Waals surface area contributed by atoms with Crippen molar-refractivity contribution in [1.82, 2.24) is 4.90 Å². The third-order valence-corrected chi connectivity index (χ3v) is 7.55. The lowest BCUT2D eigenvalue weighted by atomic mass is 10.1. The monoisotopic (exact) mass is 379 g/mol. The maximum absolute atomic E-state index is 13.1. The Morgan fingerprint density at radius 2 is 1.73 bits per heavy atom. The van der Waals surface area contributed by atoms with Crippen LogP contribution in [0.2, 0.25) is 0 Å². The van der Waals surface area contributed by atoms with E-state index in [2.05, 4.69) is 0 Å². The number of rotatable bonds is 5. The van der Waals surface area contributed by atoms with Crippen LogP contribution in [0.4, 0.5) is 0 Å². The summed E-state index contributed by atoms with van der Waals surface area (Å²) < 4.78 is 29.6. The van der Waals surface area contributed by atoms with Crippen molar-refractivity contribution >= 4 is 27.6 Å². The first kappa shape index (κ1) is 18.6. The highest BCUT2D eigenvalue weighted by Crippen LogP contribution is 2.41. The molecule has 26 heavy (non-hydrogen) atoms. The quantitative estimate of drug-likeness (QED) is 0.719. The van der Waals surface area contributed by atoms with Crippen LogP contribution >= 0.6 is 0 Å². The van der Waals surface area contributed by atoms with Gasteiger partial charge in [-0.3, -0.25) is 19.3 Å². The molecule has 0 spiro atoms. The average Bonchev–Trinajstić information content (AvgIpc) is 3.30. The molecule has 2 fully saturated rings. The minimum Gasteiger partial charge on any atom is -0.454 e. The summed E-state index contributed by atoms with van der Waals surface area (Å²) in [6, 6.07) is 7.81. The first-order valence-electron chi connectivity index (χ1n) is 8.69. The molecule has 1 aromatic rings. The predicted molar refractivity (Wildman–Crippen MR) is 91.7 cm³/mol. The Bertz CT molecular complexity index is 811. The van der Waals surface area contributed by atoms with E-state index < -0.39 is 33.1 Å². The highest BCUT2D eigenvalue weighted by atomic mass is 32.2. The molecule has 1 aliphatic carbocycles. The predicted octanol–water partition coefficient (Wildman–Crippen LogP) is 1.47. The van der Waals surface area contributed by atoms with Gasteiger partial charge in [-0.05, 0) is 31.4 Å². The standard InChI is InChI=1S/C18H21NO6S/c20-15-9-6-12-19(15)16(21)13-25-17(22)18(10-4-5-11-18)26(23,24)14-7-2-1-3-8-14/h1-3,7-8H,4-6,9-13H2. The van der Waals surface area contributed by atoms with Crippen LogP contribution in [0.25, 0.3) is 0 Å². The summed E-state index contributed by atoms with van der Waals surface area (Å²) in [6.45, 7) is -0.306. The summed E-state index contributed by atoms with van der Waals surface area (Å²) in [4.78, 5) is 37.5. The maximum atomic E-state index is 13.1. The minimum absolute atomic E-state index is 0.0693. The van der Waals surface area contributed by atoms with Crippen LogP contribution in [0.15, 0.2) is 35.2 Å². The number of carbonyl (C=O) groups is 3. The van der Waals surface area contributed by atoms with Crippen molar-refractivity contribution < 1.29 is 27.5 Å². The summed E-state index contributed by atoms with van der Waals surface area (Å²) in [6.07, 6.45) is 2.41. The largest absolute Gasteiger partial charge is 0.454 e. The molecule has 0 radical (unpaired) electrons. The second-order valence-corrected chi connectivity index (χ2v) is 8.90. The van der Waals surface area contributed by atoms with Gasteiger partial charge in [0.1, 0.15) is 0 Å². The summed E-state index contributed by atoms with van der Waals surface area (Å²) in [5, 5.41) is 0. The molecule has 7 nitrogen and oxygen atoms in total. The molecule has 0 aromatic heterocycles. The Morgan fingerprint density at radius 1 is 1.08 bits per heavy atom. The molecular weight excluding hydrogens is 358 g/mol. The second-order valence-electron chi connectivity index (χ2n) is 6.64. The summed E-state index contributed by atoms with van der Waals surface area (Å²) in [5.74, 6) is -1.80. The first-order valence-corrected chi connectivity index (χ1v) is 10.2. The fourth-order valence-electron chi connectivity index (χ4n) is 3.60. The van der Waals surface area contributed by atoms with Crippen molar-refractivity contribution in [3.8, 4) is 0 Å².